The summed E-state index contributed by atoms with van der Waals surface area (Å²) in [6.07, 6.45) is 5.37. The number of amides is 1. The van der Waals surface area contributed by atoms with Crippen LogP contribution in [0.1, 0.15) is 48.3 Å². The number of ketones is 1. The van der Waals surface area contributed by atoms with Crippen molar-refractivity contribution < 1.29 is 23.6 Å². The Morgan fingerprint density at radius 2 is 1.89 bits per heavy atom. The summed E-state index contributed by atoms with van der Waals surface area (Å²) >= 11 is 0. The van der Waals surface area contributed by atoms with E-state index in [0.717, 1.165) is 18.8 Å². The number of carbonyl (C=O) groups is 2. The Kier molecular flexibility index (Phi) is 6.65. The summed E-state index contributed by atoms with van der Waals surface area (Å²) < 4.78 is 11.1. The van der Waals surface area contributed by atoms with Gasteiger partial charge in [-0.25, -0.2) is 0 Å². The first kappa shape index (κ1) is 19.2. The maximum Gasteiger partial charge on any atom is 0.258 e. The molecule has 0 bridgehead atoms. The molecule has 1 aliphatic heterocycles. The molecule has 6 nitrogen and oxygen atoms in total. The van der Waals surface area contributed by atoms with Gasteiger partial charge < -0.3 is 19.4 Å². The van der Waals surface area contributed by atoms with Crippen LogP contribution in [0.15, 0.2) is 47.1 Å². The topological polar surface area (TPSA) is 73.0 Å². The lowest BCUT2D eigenvalue weighted by molar-refractivity contribution is -0.936. The van der Waals surface area contributed by atoms with E-state index in [0.29, 0.717) is 17.9 Å². The molecule has 1 aromatic carbocycles. The largest absolute Gasteiger partial charge is 0.484 e. The van der Waals surface area contributed by atoms with Crippen molar-refractivity contribution in [3.8, 4) is 5.75 Å². The fourth-order valence-corrected chi connectivity index (χ4v) is 3.49. The van der Waals surface area contributed by atoms with E-state index < -0.39 is 0 Å². The molecule has 0 unspecified atom stereocenters. The Morgan fingerprint density at radius 1 is 1.15 bits per heavy atom. The summed E-state index contributed by atoms with van der Waals surface area (Å²) in [5, 5.41) is 2.97. The molecule has 0 spiro atoms. The summed E-state index contributed by atoms with van der Waals surface area (Å²) in [4.78, 5) is 25.0. The quantitative estimate of drug-likeness (QED) is 0.694. The monoisotopic (exact) mass is 371 g/mol. The molecule has 1 aliphatic rings. The van der Waals surface area contributed by atoms with Crippen LogP contribution in [0.4, 0.5) is 0 Å². The van der Waals surface area contributed by atoms with Crippen molar-refractivity contribution in [2.24, 2.45) is 0 Å². The van der Waals surface area contributed by atoms with Gasteiger partial charge in [-0.15, -0.1) is 0 Å². The van der Waals surface area contributed by atoms with Gasteiger partial charge in [0.25, 0.3) is 5.91 Å². The molecule has 1 fully saturated rings. The van der Waals surface area contributed by atoms with Crippen molar-refractivity contribution in [3.63, 3.8) is 0 Å². The van der Waals surface area contributed by atoms with E-state index in [-0.39, 0.29) is 24.3 Å². The minimum atomic E-state index is -0.168. The normalized spacial score (nSPS) is 15.9. The van der Waals surface area contributed by atoms with Crippen LogP contribution in [0.2, 0.25) is 0 Å². The number of rotatable bonds is 8. The van der Waals surface area contributed by atoms with Gasteiger partial charge in [-0.05, 0) is 62.6 Å². The molecule has 0 radical (unpaired) electrons. The minimum absolute atomic E-state index is 0.00322. The second kappa shape index (κ2) is 9.37. The number of benzene rings is 1. The number of carbonyl (C=O) groups excluding carboxylic acids is 2. The molecule has 0 aliphatic carbocycles. The minimum Gasteiger partial charge on any atom is -0.484 e. The van der Waals surface area contributed by atoms with Gasteiger partial charge in [0.15, 0.2) is 24.2 Å². The van der Waals surface area contributed by atoms with E-state index in [4.69, 9.17) is 9.15 Å². The van der Waals surface area contributed by atoms with Crippen molar-refractivity contribution in [1.82, 2.24) is 5.32 Å². The highest BCUT2D eigenvalue weighted by Crippen LogP contribution is 2.13. The van der Waals surface area contributed by atoms with E-state index in [1.165, 1.54) is 31.1 Å². The van der Waals surface area contributed by atoms with Crippen molar-refractivity contribution in [1.29, 1.82) is 0 Å². The highest BCUT2D eigenvalue weighted by atomic mass is 16.5. The Morgan fingerprint density at radius 3 is 2.52 bits per heavy atom. The molecular formula is C21H27N2O4+. The van der Waals surface area contributed by atoms with E-state index in [1.54, 1.807) is 30.5 Å². The van der Waals surface area contributed by atoms with Crippen LogP contribution in [0.25, 0.3) is 0 Å². The molecule has 2 aromatic rings. The molecule has 6 heteroatoms. The van der Waals surface area contributed by atoms with Gasteiger partial charge >= 0.3 is 0 Å². The lowest BCUT2D eigenvalue weighted by Crippen LogP contribution is -3.13. The molecule has 1 aromatic heterocycles. The summed E-state index contributed by atoms with van der Waals surface area (Å²) in [5.74, 6) is 1.31. The molecule has 3 rings (SSSR count). The van der Waals surface area contributed by atoms with Crippen LogP contribution in [0, 0.1) is 0 Å². The zero-order valence-electron chi connectivity index (χ0n) is 15.7. The molecule has 2 heterocycles. The van der Waals surface area contributed by atoms with Gasteiger partial charge in [-0.1, -0.05) is 0 Å². The Bertz CT molecular complexity index is 734. The third-order valence-electron chi connectivity index (χ3n) is 5.01. The fraction of sp³-hybridized carbons (Fsp3) is 0.429. The van der Waals surface area contributed by atoms with Crippen LogP contribution in [0.3, 0.4) is 0 Å². The molecule has 2 N–H and O–H groups in total. The third-order valence-corrected chi connectivity index (χ3v) is 5.01. The molecule has 1 saturated heterocycles. The number of hydrogen-bond donors (Lipinski definition) is 2. The van der Waals surface area contributed by atoms with Crippen LogP contribution in [-0.2, 0) is 4.79 Å². The number of hydrogen-bond acceptors (Lipinski definition) is 4. The third kappa shape index (κ3) is 5.44. The van der Waals surface area contributed by atoms with Crippen molar-refractivity contribution in [2.45, 2.75) is 32.2 Å². The summed E-state index contributed by atoms with van der Waals surface area (Å²) in [6, 6.07) is 10.8. The van der Waals surface area contributed by atoms with Gasteiger partial charge in [0.05, 0.1) is 25.9 Å². The lowest BCUT2D eigenvalue weighted by atomic mass is 10.1. The predicted octanol–water partition coefficient (Wildman–Crippen LogP) is 1.79. The van der Waals surface area contributed by atoms with Gasteiger partial charge in [0.1, 0.15) is 5.75 Å². The van der Waals surface area contributed by atoms with E-state index in [1.807, 2.05) is 12.1 Å². The van der Waals surface area contributed by atoms with E-state index >= 15 is 0 Å². The maximum absolute atomic E-state index is 12.2. The van der Waals surface area contributed by atoms with Gasteiger partial charge in [0.2, 0.25) is 0 Å². The number of likely N-dealkylation sites (tertiary alicyclic amines) is 1. The number of quaternary nitrogens is 1. The number of Topliss-reactive ketones (excluding diaryl/α,β-unsaturated/α-hetero) is 1. The first-order chi connectivity index (χ1) is 13.1. The van der Waals surface area contributed by atoms with Crippen LogP contribution in [0.5, 0.6) is 5.75 Å². The average Bonchev–Trinajstić information content (AvgIpc) is 3.22. The number of nitrogens with one attached hydrogen (secondary N) is 2. The zero-order chi connectivity index (χ0) is 19.1. The summed E-state index contributed by atoms with van der Waals surface area (Å²) in [5.41, 5.74) is 0.623. The fourth-order valence-electron chi connectivity index (χ4n) is 3.49. The number of piperidine rings is 1. The molecule has 1 amide bonds. The second-order valence-corrected chi connectivity index (χ2v) is 6.96. The van der Waals surface area contributed by atoms with Crippen molar-refractivity contribution >= 4 is 11.7 Å². The van der Waals surface area contributed by atoms with Gasteiger partial charge in [0, 0.05) is 5.56 Å². The Hall–Kier alpha value is -2.60. The highest BCUT2D eigenvalue weighted by molar-refractivity contribution is 5.94. The predicted molar refractivity (Wildman–Crippen MR) is 101 cm³/mol. The van der Waals surface area contributed by atoms with E-state index in [9.17, 15) is 9.59 Å². The van der Waals surface area contributed by atoms with Gasteiger partial charge in [-0.3, -0.25) is 9.59 Å². The Labute approximate surface area is 159 Å². The van der Waals surface area contributed by atoms with Crippen molar-refractivity contribution in [2.75, 3.05) is 26.2 Å². The summed E-state index contributed by atoms with van der Waals surface area (Å²) in [6.45, 7) is 4.18. The first-order valence-electron chi connectivity index (χ1n) is 9.52. The molecule has 1 atom stereocenters. The van der Waals surface area contributed by atoms with Crippen LogP contribution >= 0.6 is 0 Å². The maximum atomic E-state index is 12.2. The highest BCUT2D eigenvalue weighted by Gasteiger charge is 2.28. The molecule has 144 valence electrons. The first-order valence-corrected chi connectivity index (χ1v) is 9.52. The van der Waals surface area contributed by atoms with Gasteiger partial charge in [-0.2, -0.15) is 0 Å². The second-order valence-electron chi connectivity index (χ2n) is 6.96. The lowest BCUT2D eigenvalue weighted by Gasteiger charge is -2.30. The number of ether oxygens (including phenoxy) is 1. The molecule has 0 saturated carbocycles. The molecule has 27 heavy (non-hydrogen) atoms. The molecular weight excluding hydrogens is 344 g/mol. The smallest absolute Gasteiger partial charge is 0.258 e. The van der Waals surface area contributed by atoms with E-state index in [2.05, 4.69) is 5.32 Å². The standard InChI is InChI=1S/C21H26N2O4/c1-16(24)17-7-9-18(10-8-17)27-15-21(25)22-14-19(20-6-5-13-26-20)23-11-3-2-4-12-23/h5-10,13,19H,2-4,11-12,14-15H2,1H3,(H,22,25)/p+1/t19-/m0/s1. The number of furan rings is 1. The van der Waals surface area contributed by atoms with Crippen LogP contribution < -0.4 is 15.0 Å². The SMILES string of the molecule is CC(=O)c1ccc(OCC(=O)NC[C@@H](c2ccco2)[NH+]2CCCCC2)cc1. The van der Waals surface area contributed by atoms with Crippen molar-refractivity contribution in [3.05, 3.63) is 54.0 Å². The average molecular weight is 371 g/mol. The zero-order valence-corrected chi connectivity index (χ0v) is 15.7. The van der Waals surface area contributed by atoms with Crippen LogP contribution in [-0.4, -0.2) is 37.9 Å². The summed E-state index contributed by atoms with van der Waals surface area (Å²) in [7, 11) is 0. The Balaban J connectivity index is 1.50.